The van der Waals surface area contributed by atoms with Gasteiger partial charge >= 0.3 is 121 Å². The first-order chi connectivity index (χ1) is 9.31. The molecule has 2 nitrogen and oxygen atoms in total. The van der Waals surface area contributed by atoms with Crippen LogP contribution in [0.2, 0.25) is 5.32 Å². The summed E-state index contributed by atoms with van der Waals surface area (Å²) >= 11 is 0.452. The van der Waals surface area contributed by atoms with Crippen molar-refractivity contribution in [2.45, 2.75) is 24.6 Å². The third-order valence-electron chi connectivity index (χ3n) is 3.09. The maximum atomic E-state index is 8.90. The van der Waals surface area contributed by atoms with E-state index in [1.807, 2.05) is 12.1 Å². The summed E-state index contributed by atoms with van der Waals surface area (Å²) in [5.41, 5.74) is 0. The minimum absolute atomic E-state index is 0.149. The van der Waals surface area contributed by atoms with E-state index >= 15 is 0 Å². The van der Waals surface area contributed by atoms with Gasteiger partial charge in [-0.05, 0) is 0 Å². The van der Waals surface area contributed by atoms with Crippen LogP contribution in [0.5, 0.6) is 0 Å². The van der Waals surface area contributed by atoms with Crippen molar-refractivity contribution in [2.75, 3.05) is 0 Å². The molecule has 0 fully saturated rings. The Morgan fingerprint density at radius 2 is 1.84 bits per heavy atom. The Bertz CT molecular complexity index is 456. The van der Waals surface area contributed by atoms with E-state index in [0.29, 0.717) is 27.8 Å². The first-order valence-electron chi connectivity index (χ1n) is 6.36. The van der Waals surface area contributed by atoms with Crippen molar-refractivity contribution < 1.29 is 0 Å². The van der Waals surface area contributed by atoms with E-state index in [0.717, 1.165) is 11.7 Å². The maximum absolute atomic E-state index is 8.90. The number of benzene rings is 1. The Hall–Kier alpha value is -1.54. The quantitative estimate of drug-likeness (QED) is 0.546. The van der Waals surface area contributed by atoms with Crippen molar-refractivity contribution in [3.63, 3.8) is 0 Å². The molecule has 19 heavy (non-hydrogen) atoms. The molecule has 0 saturated carbocycles. The fourth-order valence-electron chi connectivity index (χ4n) is 1.98. The fraction of sp³-hybridized carbons (Fsp3) is 0.375. The van der Waals surface area contributed by atoms with Crippen LogP contribution in [-0.2, 0) is 0 Å². The van der Waals surface area contributed by atoms with Crippen molar-refractivity contribution >= 4 is 19.4 Å². The normalized spacial score (nSPS) is 12.9. The molecule has 0 aliphatic rings. The zero-order chi connectivity index (χ0) is 13.9. The number of nitrogens with zero attached hydrogens (tertiary/aromatic N) is 2. The molecule has 0 bridgehead atoms. The predicted molar refractivity (Wildman–Crippen MR) is 78.9 cm³/mol. The molecule has 0 radical (unpaired) electrons. The molecule has 1 aromatic rings. The van der Waals surface area contributed by atoms with E-state index in [1.54, 1.807) is 0 Å². The molecule has 0 spiro atoms. The van der Waals surface area contributed by atoms with E-state index in [-0.39, 0.29) is 11.8 Å². The minimum atomic E-state index is 0.149. The molecule has 1 aromatic carbocycles. The molecule has 0 saturated heterocycles. The summed E-state index contributed by atoms with van der Waals surface area (Å²) in [4.78, 5) is 0. The van der Waals surface area contributed by atoms with Gasteiger partial charge in [0.2, 0.25) is 0 Å². The second-order valence-corrected chi connectivity index (χ2v) is 6.79. The number of hydrogen-bond acceptors (Lipinski definition) is 2. The van der Waals surface area contributed by atoms with Crippen molar-refractivity contribution in [1.29, 1.82) is 10.5 Å². The van der Waals surface area contributed by atoms with Gasteiger partial charge in [0.1, 0.15) is 0 Å². The predicted octanol–water partition coefficient (Wildman–Crippen LogP) is 3.07. The van der Waals surface area contributed by atoms with Crippen LogP contribution in [-0.4, -0.2) is 15.0 Å². The first-order valence-corrected chi connectivity index (χ1v) is 8.43. The van der Waals surface area contributed by atoms with Gasteiger partial charge in [-0.25, -0.2) is 0 Å². The topological polar surface area (TPSA) is 47.6 Å². The third kappa shape index (κ3) is 5.75. The molecular weight excluding hydrogens is 299 g/mol. The Morgan fingerprint density at radius 1 is 1.16 bits per heavy atom. The van der Waals surface area contributed by atoms with Crippen LogP contribution in [0.15, 0.2) is 43.0 Å². The van der Waals surface area contributed by atoms with Crippen LogP contribution in [0.1, 0.15) is 19.3 Å². The summed E-state index contributed by atoms with van der Waals surface area (Å²) in [5.74, 6) is 0.420. The van der Waals surface area contributed by atoms with Gasteiger partial charge in [-0.1, -0.05) is 0 Å². The summed E-state index contributed by atoms with van der Waals surface area (Å²) in [6, 6.07) is 14.9. The molecule has 2 atom stereocenters. The second kappa shape index (κ2) is 9.40. The van der Waals surface area contributed by atoms with Crippen molar-refractivity contribution in [1.82, 2.24) is 0 Å². The summed E-state index contributed by atoms with van der Waals surface area (Å²) in [7, 11) is 0. The van der Waals surface area contributed by atoms with E-state index in [9.17, 15) is 0 Å². The van der Waals surface area contributed by atoms with Crippen LogP contribution < -0.4 is 4.46 Å². The zero-order valence-corrected chi connectivity index (χ0v) is 12.7. The van der Waals surface area contributed by atoms with Crippen LogP contribution in [0.25, 0.3) is 0 Å². The van der Waals surface area contributed by atoms with E-state index in [4.69, 9.17) is 10.5 Å². The molecule has 3 heteroatoms. The Morgan fingerprint density at radius 3 is 2.42 bits per heavy atom. The molecule has 0 heterocycles. The molecule has 0 amide bonds. The fourth-order valence-corrected chi connectivity index (χ4v) is 4.09. The summed E-state index contributed by atoms with van der Waals surface area (Å²) in [6.07, 6.45) is 3.82. The molecule has 98 valence electrons. The van der Waals surface area contributed by atoms with Crippen LogP contribution in [0.4, 0.5) is 0 Å². The van der Waals surface area contributed by atoms with Crippen molar-refractivity contribution in [3.05, 3.63) is 43.0 Å². The molecule has 0 N–H and O–H groups in total. The monoisotopic (exact) mass is 318 g/mol. The average Bonchev–Trinajstić information content (AvgIpc) is 2.45. The number of allylic oxidation sites excluding steroid dienone is 1. The summed E-state index contributed by atoms with van der Waals surface area (Å²) in [6.45, 7) is 3.79. The molecular formula is C16H18N2Se. The molecule has 0 aliphatic carbocycles. The molecule has 0 unspecified atom stereocenters. The van der Waals surface area contributed by atoms with Gasteiger partial charge in [-0.15, -0.1) is 0 Å². The van der Waals surface area contributed by atoms with E-state index < -0.39 is 0 Å². The van der Waals surface area contributed by atoms with Gasteiger partial charge in [0.05, 0.1) is 0 Å². The van der Waals surface area contributed by atoms with Crippen LogP contribution >= 0.6 is 0 Å². The molecule has 0 aliphatic heterocycles. The van der Waals surface area contributed by atoms with Gasteiger partial charge in [0.15, 0.2) is 0 Å². The van der Waals surface area contributed by atoms with E-state index in [2.05, 4.69) is 43.0 Å². The molecule has 0 aromatic heterocycles. The van der Waals surface area contributed by atoms with Gasteiger partial charge in [-0.3, -0.25) is 0 Å². The second-order valence-electron chi connectivity index (χ2n) is 4.33. The third-order valence-corrected chi connectivity index (χ3v) is 5.28. The van der Waals surface area contributed by atoms with Crippen LogP contribution in [0.3, 0.4) is 0 Å². The van der Waals surface area contributed by atoms with Crippen LogP contribution in [0, 0.1) is 34.5 Å². The number of nitriles is 2. The zero-order valence-electron chi connectivity index (χ0n) is 11.0. The summed E-state index contributed by atoms with van der Waals surface area (Å²) in [5, 5.41) is 18.8. The number of hydrogen-bond donors (Lipinski definition) is 0. The standard InChI is InChI=1S/C16H18N2Se/c1-2-14(8-11-17)15(9-12-18)10-13-19-16-6-4-3-5-7-16/h2-7,14-15H,1,8-10,13H2/t14-,15+/m1/s1. The van der Waals surface area contributed by atoms with Gasteiger partial charge in [0, 0.05) is 0 Å². The SMILES string of the molecule is C=C[C@H](CC#N)[C@@H](CC#N)CC[Se]c1ccccc1. The number of rotatable bonds is 8. The van der Waals surface area contributed by atoms with Crippen molar-refractivity contribution in [2.24, 2.45) is 11.8 Å². The Labute approximate surface area is 121 Å². The average molecular weight is 317 g/mol. The van der Waals surface area contributed by atoms with Crippen molar-refractivity contribution in [3.8, 4) is 12.1 Å². The summed E-state index contributed by atoms with van der Waals surface area (Å²) < 4.78 is 1.39. The Kier molecular flexibility index (Phi) is 7.67. The van der Waals surface area contributed by atoms with Gasteiger partial charge in [0.25, 0.3) is 0 Å². The Balaban J connectivity index is 2.48. The molecule has 1 rings (SSSR count). The van der Waals surface area contributed by atoms with Gasteiger partial charge < -0.3 is 0 Å². The first kappa shape index (κ1) is 15.5. The van der Waals surface area contributed by atoms with Gasteiger partial charge in [-0.2, -0.15) is 0 Å². The van der Waals surface area contributed by atoms with E-state index in [1.165, 1.54) is 4.46 Å².